The zero-order chi connectivity index (χ0) is 17.5. The Bertz CT molecular complexity index is 673. The van der Waals surface area contributed by atoms with Crippen molar-refractivity contribution in [2.45, 2.75) is 37.5 Å². The van der Waals surface area contributed by atoms with Crippen LogP contribution in [0, 0.1) is 0 Å². The molecule has 3 aliphatic rings. The van der Waals surface area contributed by atoms with Crippen molar-refractivity contribution in [1.82, 2.24) is 20.8 Å². The zero-order valence-corrected chi connectivity index (χ0v) is 16.2. The molecular formula is C11H15N4NaO8S. The fraction of sp³-hybridized carbons (Fsp3) is 0.727. The van der Waals surface area contributed by atoms with Crippen molar-refractivity contribution >= 4 is 28.2 Å². The topological polar surface area (TPSA) is 157 Å². The summed E-state index contributed by atoms with van der Waals surface area (Å²) in [6.45, 7) is 0.341. The Morgan fingerprint density at radius 1 is 1.32 bits per heavy atom. The van der Waals surface area contributed by atoms with E-state index < -0.39 is 40.5 Å². The number of hydrogen-bond donors (Lipinski definition) is 2. The summed E-state index contributed by atoms with van der Waals surface area (Å²) in [6.07, 6.45) is 0.182. The van der Waals surface area contributed by atoms with Crippen molar-refractivity contribution in [2.75, 3.05) is 13.1 Å². The van der Waals surface area contributed by atoms with Crippen LogP contribution in [0.4, 0.5) is 4.79 Å². The summed E-state index contributed by atoms with van der Waals surface area (Å²) in [5.74, 6) is -0.774. The van der Waals surface area contributed by atoms with Crippen molar-refractivity contribution in [1.29, 1.82) is 0 Å². The standard InChI is InChI=1S/C11H16N4O8S.Na/c16-9-3-7(4-12-9)22-13-10(17)8-2-1-6-5-14(8)11(18)15(6)23-24(19,20)21;/h6-8H,1-5H2,(H,12,16)(H,13,17)(H,19,20,21);/q;+1/p-1/t6-,7-,8+;/m1./s1. The molecule has 3 atom stereocenters. The van der Waals surface area contributed by atoms with E-state index in [-0.39, 0.29) is 61.4 Å². The van der Waals surface area contributed by atoms with Crippen molar-refractivity contribution in [2.24, 2.45) is 0 Å². The van der Waals surface area contributed by atoms with Gasteiger partial charge < -0.3 is 14.8 Å². The number of hydrogen-bond acceptors (Lipinski definition) is 8. The second kappa shape index (κ2) is 7.73. The first kappa shape index (κ1) is 20.4. The maximum atomic E-state index is 12.2. The molecule has 0 aliphatic carbocycles. The number of carbonyl (C=O) groups is 3. The van der Waals surface area contributed by atoms with Crippen LogP contribution in [-0.2, 0) is 29.1 Å². The summed E-state index contributed by atoms with van der Waals surface area (Å²) >= 11 is 0. The van der Waals surface area contributed by atoms with Gasteiger partial charge in [-0.1, -0.05) is 0 Å². The third kappa shape index (κ3) is 4.61. The molecule has 0 saturated carbocycles. The third-order valence-electron chi connectivity index (χ3n) is 4.06. The Balaban J connectivity index is 0.00000225. The van der Waals surface area contributed by atoms with E-state index in [1.807, 2.05) is 0 Å². The number of piperidine rings is 1. The maximum absolute atomic E-state index is 12.2. The minimum absolute atomic E-state index is 0. The molecule has 0 aromatic heterocycles. The van der Waals surface area contributed by atoms with E-state index in [4.69, 9.17) is 4.84 Å². The van der Waals surface area contributed by atoms with Gasteiger partial charge in [-0.25, -0.2) is 18.7 Å². The van der Waals surface area contributed by atoms with Crippen LogP contribution in [0.2, 0.25) is 0 Å². The molecular weight excluding hydrogens is 371 g/mol. The number of fused-ring (bicyclic) bond motifs is 2. The molecule has 2 bridgehead atoms. The summed E-state index contributed by atoms with van der Waals surface area (Å²) in [4.78, 5) is 41.6. The minimum atomic E-state index is -5.08. The molecule has 14 heteroatoms. The van der Waals surface area contributed by atoms with Gasteiger partial charge in [0.1, 0.15) is 12.1 Å². The Morgan fingerprint density at radius 3 is 2.64 bits per heavy atom. The van der Waals surface area contributed by atoms with E-state index in [2.05, 4.69) is 15.1 Å². The smallest absolute Gasteiger partial charge is 0.724 e. The molecule has 2 N–H and O–H groups in total. The monoisotopic (exact) mass is 386 g/mol. The number of urea groups is 1. The van der Waals surface area contributed by atoms with E-state index in [0.29, 0.717) is 11.5 Å². The molecule has 0 spiro atoms. The molecule has 3 rings (SSSR count). The average Bonchev–Trinajstić information content (AvgIpc) is 3.02. The fourth-order valence-corrected chi connectivity index (χ4v) is 3.35. The van der Waals surface area contributed by atoms with Gasteiger partial charge in [0.05, 0.1) is 12.5 Å². The zero-order valence-electron chi connectivity index (χ0n) is 13.3. The second-order valence-corrected chi connectivity index (χ2v) is 6.67. The van der Waals surface area contributed by atoms with Gasteiger partial charge in [-0.15, -0.1) is 0 Å². The summed E-state index contributed by atoms with van der Waals surface area (Å²) in [5.41, 5.74) is 2.22. The van der Waals surface area contributed by atoms with Gasteiger partial charge in [0.25, 0.3) is 5.91 Å². The Morgan fingerprint density at radius 2 is 2.04 bits per heavy atom. The van der Waals surface area contributed by atoms with Gasteiger partial charge in [0, 0.05) is 13.1 Å². The SMILES string of the molecule is O=C1C[C@@H](ONC(=O)[C@@H]2CC[C@@H]3CN2C(=O)N3OS(=O)(=O)[O-])CN1.[Na+]. The summed E-state index contributed by atoms with van der Waals surface area (Å²) < 4.78 is 36.2. The van der Waals surface area contributed by atoms with Crippen molar-refractivity contribution in [3.8, 4) is 0 Å². The van der Waals surface area contributed by atoms with Gasteiger partial charge in [0.2, 0.25) is 16.3 Å². The molecule has 3 heterocycles. The first-order chi connectivity index (χ1) is 11.2. The third-order valence-corrected chi connectivity index (χ3v) is 4.41. The number of amides is 4. The van der Waals surface area contributed by atoms with Crippen LogP contribution in [0.15, 0.2) is 0 Å². The first-order valence-electron chi connectivity index (χ1n) is 7.22. The number of rotatable bonds is 5. The van der Waals surface area contributed by atoms with Gasteiger partial charge in [-0.2, -0.15) is 9.35 Å². The molecule has 4 amide bonds. The van der Waals surface area contributed by atoms with Crippen LogP contribution in [-0.4, -0.2) is 72.1 Å². The van der Waals surface area contributed by atoms with Crippen LogP contribution in [0.3, 0.4) is 0 Å². The van der Waals surface area contributed by atoms with E-state index in [1.54, 1.807) is 0 Å². The minimum Gasteiger partial charge on any atom is -0.724 e. The molecule has 134 valence electrons. The van der Waals surface area contributed by atoms with Crippen molar-refractivity contribution in [3.63, 3.8) is 0 Å². The Kier molecular flexibility index (Phi) is 6.30. The van der Waals surface area contributed by atoms with Gasteiger partial charge in [-0.05, 0) is 12.8 Å². The van der Waals surface area contributed by atoms with E-state index in [0.717, 1.165) is 4.90 Å². The fourth-order valence-electron chi connectivity index (χ4n) is 2.97. The van der Waals surface area contributed by atoms with Crippen molar-refractivity contribution in [3.05, 3.63) is 0 Å². The van der Waals surface area contributed by atoms with E-state index >= 15 is 0 Å². The molecule has 3 aliphatic heterocycles. The second-order valence-electron chi connectivity index (χ2n) is 5.70. The van der Waals surface area contributed by atoms with Crippen LogP contribution in [0.5, 0.6) is 0 Å². The number of nitrogens with one attached hydrogen (secondary N) is 2. The molecule has 0 aromatic rings. The predicted molar refractivity (Wildman–Crippen MR) is 72.2 cm³/mol. The molecule has 3 saturated heterocycles. The summed E-state index contributed by atoms with van der Waals surface area (Å²) in [5, 5.41) is 3.04. The predicted octanol–water partition coefficient (Wildman–Crippen LogP) is -5.41. The normalized spacial score (nSPS) is 28.6. The Hall–Kier alpha value is -0.960. The molecule has 25 heavy (non-hydrogen) atoms. The van der Waals surface area contributed by atoms with Crippen molar-refractivity contribution < 1.29 is 66.0 Å². The largest absolute Gasteiger partial charge is 1.00 e. The molecule has 12 nitrogen and oxygen atoms in total. The molecule has 0 aromatic carbocycles. The summed E-state index contributed by atoms with van der Waals surface area (Å²) in [6, 6.07) is -2.35. The molecule has 0 radical (unpaired) electrons. The molecule has 3 fully saturated rings. The summed E-state index contributed by atoms with van der Waals surface area (Å²) in [7, 11) is -5.08. The van der Waals surface area contributed by atoms with Gasteiger partial charge >= 0.3 is 35.6 Å². The van der Waals surface area contributed by atoms with Crippen LogP contribution in [0.1, 0.15) is 19.3 Å². The van der Waals surface area contributed by atoms with E-state index in [9.17, 15) is 27.4 Å². The Labute approximate surface area is 165 Å². The number of carbonyl (C=O) groups excluding carboxylic acids is 3. The van der Waals surface area contributed by atoms with E-state index in [1.165, 1.54) is 0 Å². The first-order valence-corrected chi connectivity index (χ1v) is 8.55. The average molecular weight is 386 g/mol. The quantitative estimate of drug-likeness (QED) is 0.205. The van der Waals surface area contributed by atoms with Gasteiger partial charge in [-0.3, -0.25) is 14.4 Å². The number of hydroxylamine groups is 3. The van der Waals surface area contributed by atoms with Crippen LogP contribution in [0.25, 0.3) is 0 Å². The number of nitrogens with zero attached hydrogens (tertiary/aromatic N) is 2. The maximum Gasteiger partial charge on any atom is 1.00 e. The van der Waals surface area contributed by atoms with Crippen LogP contribution >= 0.6 is 0 Å². The van der Waals surface area contributed by atoms with Gasteiger partial charge in [0.15, 0.2) is 0 Å². The van der Waals surface area contributed by atoms with Crippen LogP contribution < -0.4 is 40.4 Å². The molecule has 0 unspecified atom stereocenters.